The summed E-state index contributed by atoms with van der Waals surface area (Å²) in [6.07, 6.45) is 4.28. The van der Waals surface area contributed by atoms with Crippen LogP contribution in [0.5, 0.6) is 0 Å². The Morgan fingerprint density at radius 3 is 2.20 bits per heavy atom. The molecule has 0 unspecified atom stereocenters. The third-order valence-corrected chi connectivity index (χ3v) is 3.72. The number of hydrogen-bond donors (Lipinski definition) is 0. The fourth-order valence-electron chi connectivity index (χ4n) is 1.94. The van der Waals surface area contributed by atoms with Crippen molar-refractivity contribution in [3.8, 4) is 0 Å². The zero-order chi connectivity index (χ0) is 11.5. The quantitative estimate of drug-likeness (QED) is 0.570. The van der Waals surface area contributed by atoms with Crippen LogP contribution in [-0.4, -0.2) is 16.9 Å². The Hall–Kier alpha value is -0.0500. The van der Waals surface area contributed by atoms with Gasteiger partial charge in [0.25, 0.3) is 0 Å². The van der Waals surface area contributed by atoms with Gasteiger partial charge < -0.3 is 4.74 Å². The number of ether oxygens (including phenoxy) is 1. The molecule has 15 heavy (non-hydrogen) atoms. The normalized spacial score (nSPS) is 27.5. The molecule has 0 bridgehead atoms. The Bertz CT molecular complexity index is 212. The van der Waals surface area contributed by atoms with E-state index in [1.165, 1.54) is 0 Å². The van der Waals surface area contributed by atoms with Crippen molar-refractivity contribution in [3.63, 3.8) is 0 Å². The molecule has 1 fully saturated rings. The lowest BCUT2D eigenvalue weighted by atomic mass is 9.83. The maximum Gasteiger partial charge on any atom is 0.309 e. The van der Waals surface area contributed by atoms with E-state index in [2.05, 4.69) is 15.9 Å². The fourth-order valence-corrected chi connectivity index (χ4v) is 2.59. The van der Waals surface area contributed by atoms with E-state index >= 15 is 0 Å². The third kappa shape index (κ3) is 4.54. The maximum atomic E-state index is 11.8. The van der Waals surface area contributed by atoms with Gasteiger partial charge in [0.15, 0.2) is 0 Å². The second kappa shape index (κ2) is 5.33. The molecule has 0 amide bonds. The van der Waals surface area contributed by atoms with Gasteiger partial charge in [-0.05, 0) is 52.4 Å². The highest BCUT2D eigenvalue weighted by molar-refractivity contribution is 9.09. The van der Waals surface area contributed by atoms with Crippen LogP contribution in [-0.2, 0) is 9.53 Å². The largest absolute Gasteiger partial charge is 0.460 e. The van der Waals surface area contributed by atoms with Crippen molar-refractivity contribution in [2.24, 2.45) is 11.8 Å². The molecule has 0 aromatic heterocycles. The summed E-state index contributed by atoms with van der Waals surface area (Å²) in [6, 6.07) is 0. The molecule has 0 aliphatic heterocycles. The Labute approximate surface area is 101 Å². The van der Waals surface area contributed by atoms with Gasteiger partial charge >= 0.3 is 5.97 Å². The molecule has 1 aliphatic rings. The van der Waals surface area contributed by atoms with Gasteiger partial charge in [-0.1, -0.05) is 15.9 Å². The summed E-state index contributed by atoms with van der Waals surface area (Å²) in [4.78, 5) is 11.8. The number of carbonyl (C=O) groups is 1. The standard InChI is InChI=1S/C12H21BrO2/c1-12(2,3)15-11(14)10-6-4-9(8-13)5-7-10/h9-10H,4-8H2,1-3H3. The summed E-state index contributed by atoms with van der Waals surface area (Å²) >= 11 is 3.50. The van der Waals surface area contributed by atoms with E-state index in [-0.39, 0.29) is 17.5 Å². The van der Waals surface area contributed by atoms with E-state index in [1.54, 1.807) is 0 Å². The predicted molar refractivity (Wildman–Crippen MR) is 65.1 cm³/mol. The van der Waals surface area contributed by atoms with E-state index in [9.17, 15) is 4.79 Å². The molecule has 0 aromatic carbocycles. The van der Waals surface area contributed by atoms with Gasteiger partial charge in [-0.2, -0.15) is 0 Å². The van der Waals surface area contributed by atoms with Gasteiger partial charge in [-0.15, -0.1) is 0 Å². The van der Waals surface area contributed by atoms with Crippen LogP contribution in [0.2, 0.25) is 0 Å². The number of hydrogen-bond acceptors (Lipinski definition) is 2. The van der Waals surface area contributed by atoms with Crippen LogP contribution in [0.25, 0.3) is 0 Å². The molecule has 0 N–H and O–H groups in total. The van der Waals surface area contributed by atoms with Crippen molar-refractivity contribution in [1.82, 2.24) is 0 Å². The van der Waals surface area contributed by atoms with Crippen LogP contribution in [0.4, 0.5) is 0 Å². The van der Waals surface area contributed by atoms with Gasteiger partial charge in [0.2, 0.25) is 0 Å². The van der Waals surface area contributed by atoms with Gasteiger partial charge in [0.05, 0.1) is 5.92 Å². The molecule has 0 saturated heterocycles. The number of esters is 1. The molecular weight excluding hydrogens is 256 g/mol. The minimum absolute atomic E-state index is 0.00415. The third-order valence-electron chi connectivity index (χ3n) is 2.81. The van der Waals surface area contributed by atoms with E-state index < -0.39 is 0 Å². The summed E-state index contributed by atoms with van der Waals surface area (Å²) in [6.45, 7) is 5.78. The highest BCUT2D eigenvalue weighted by Gasteiger charge is 2.29. The van der Waals surface area contributed by atoms with Crippen molar-refractivity contribution in [2.45, 2.75) is 52.1 Å². The Kier molecular flexibility index (Phi) is 4.63. The summed E-state index contributed by atoms with van der Waals surface area (Å²) in [7, 11) is 0. The average Bonchev–Trinajstić information content (AvgIpc) is 2.15. The van der Waals surface area contributed by atoms with Crippen LogP contribution < -0.4 is 0 Å². The fraction of sp³-hybridized carbons (Fsp3) is 0.917. The van der Waals surface area contributed by atoms with Crippen molar-refractivity contribution in [1.29, 1.82) is 0 Å². The summed E-state index contributed by atoms with van der Waals surface area (Å²) < 4.78 is 5.40. The van der Waals surface area contributed by atoms with Gasteiger partial charge in [0.1, 0.15) is 5.60 Å². The van der Waals surface area contributed by atoms with E-state index in [4.69, 9.17) is 4.74 Å². The number of carbonyl (C=O) groups excluding carboxylic acids is 1. The smallest absolute Gasteiger partial charge is 0.309 e. The maximum absolute atomic E-state index is 11.8. The molecule has 2 nitrogen and oxygen atoms in total. The average molecular weight is 277 g/mol. The van der Waals surface area contributed by atoms with Gasteiger partial charge in [-0.3, -0.25) is 4.79 Å². The van der Waals surface area contributed by atoms with E-state index in [0.717, 1.165) is 36.9 Å². The van der Waals surface area contributed by atoms with Crippen LogP contribution >= 0.6 is 15.9 Å². The molecule has 1 rings (SSSR count). The van der Waals surface area contributed by atoms with E-state index in [0.29, 0.717) is 0 Å². The van der Waals surface area contributed by atoms with Gasteiger partial charge in [-0.25, -0.2) is 0 Å². The molecule has 0 radical (unpaired) electrons. The molecule has 1 aliphatic carbocycles. The Morgan fingerprint density at radius 2 is 1.80 bits per heavy atom. The topological polar surface area (TPSA) is 26.3 Å². The first-order chi connectivity index (χ1) is 6.92. The first-order valence-corrected chi connectivity index (χ1v) is 6.83. The lowest BCUT2D eigenvalue weighted by Gasteiger charge is -2.29. The molecule has 0 atom stereocenters. The minimum Gasteiger partial charge on any atom is -0.460 e. The lowest BCUT2D eigenvalue weighted by molar-refractivity contribution is -0.161. The SMILES string of the molecule is CC(C)(C)OC(=O)C1CCC(CBr)CC1. The molecule has 1 saturated carbocycles. The number of halogens is 1. The highest BCUT2D eigenvalue weighted by Crippen LogP contribution is 2.31. The number of alkyl halides is 1. The first kappa shape index (κ1) is 13.0. The van der Waals surface area contributed by atoms with E-state index in [1.807, 2.05) is 20.8 Å². The molecule has 3 heteroatoms. The molecule has 0 aromatic rings. The summed E-state index contributed by atoms with van der Waals surface area (Å²) in [5, 5.41) is 1.06. The zero-order valence-corrected chi connectivity index (χ0v) is 11.5. The minimum atomic E-state index is -0.344. The van der Waals surface area contributed by atoms with Crippen molar-refractivity contribution >= 4 is 21.9 Å². The van der Waals surface area contributed by atoms with Crippen molar-refractivity contribution in [2.75, 3.05) is 5.33 Å². The van der Waals surface area contributed by atoms with Crippen LogP contribution in [0, 0.1) is 11.8 Å². The Balaban J connectivity index is 2.37. The summed E-state index contributed by atoms with van der Waals surface area (Å²) in [5.74, 6) is 0.888. The molecule has 0 spiro atoms. The van der Waals surface area contributed by atoms with Crippen molar-refractivity contribution < 1.29 is 9.53 Å². The second-order valence-corrected chi connectivity index (χ2v) is 6.05. The molecule has 88 valence electrons. The monoisotopic (exact) mass is 276 g/mol. The van der Waals surface area contributed by atoms with Crippen molar-refractivity contribution in [3.05, 3.63) is 0 Å². The first-order valence-electron chi connectivity index (χ1n) is 5.71. The second-order valence-electron chi connectivity index (χ2n) is 5.41. The van der Waals surface area contributed by atoms with Crippen LogP contribution in [0.1, 0.15) is 46.5 Å². The zero-order valence-electron chi connectivity index (χ0n) is 9.88. The number of rotatable bonds is 2. The van der Waals surface area contributed by atoms with Crippen LogP contribution in [0.3, 0.4) is 0 Å². The Morgan fingerprint density at radius 1 is 1.27 bits per heavy atom. The predicted octanol–water partition coefficient (Wildman–Crippen LogP) is 3.53. The van der Waals surface area contributed by atoms with Crippen LogP contribution in [0.15, 0.2) is 0 Å². The molecular formula is C12H21BrO2. The lowest BCUT2D eigenvalue weighted by Crippen LogP contribution is -2.31. The molecule has 0 heterocycles. The highest BCUT2D eigenvalue weighted by atomic mass is 79.9. The summed E-state index contributed by atoms with van der Waals surface area (Å²) in [5.41, 5.74) is -0.344. The van der Waals surface area contributed by atoms with Gasteiger partial charge in [0, 0.05) is 5.33 Å².